The number of hydrogen-bond donors (Lipinski definition) is 1. The summed E-state index contributed by atoms with van der Waals surface area (Å²) in [7, 11) is 0. The third-order valence-corrected chi connectivity index (χ3v) is 5.05. The zero-order valence-corrected chi connectivity index (χ0v) is 14.2. The number of thiazole rings is 1. The Kier molecular flexibility index (Phi) is 5.99. The monoisotopic (exact) mass is 331 g/mol. The van der Waals surface area contributed by atoms with Crippen molar-refractivity contribution in [1.29, 1.82) is 5.26 Å². The van der Waals surface area contributed by atoms with Gasteiger partial charge in [0.2, 0.25) is 5.91 Å². The van der Waals surface area contributed by atoms with Crippen molar-refractivity contribution in [2.75, 3.05) is 12.8 Å². The van der Waals surface area contributed by atoms with Gasteiger partial charge < -0.3 is 5.32 Å². The predicted octanol–water partition coefficient (Wildman–Crippen LogP) is 3.81. The molecule has 0 atom stereocenters. The Morgan fingerprint density at radius 3 is 2.86 bits per heavy atom. The second-order valence-corrected chi connectivity index (χ2v) is 6.62. The maximum Gasteiger partial charge on any atom is 0.216 e. The standard InChI is InChI=1S/C16H17N3OS2/c1-11(20)18-9-5-8-14(21-2)12(10-17)16-19-13-6-3-4-7-15(13)22-16/h3-4,6-7H,5,8-9H2,1-2H3,(H,18,20)/b14-12-. The summed E-state index contributed by atoms with van der Waals surface area (Å²) in [6.45, 7) is 2.13. The second-order valence-electron chi connectivity index (χ2n) is 4.69. The van der Waals surface area contributed by atoms with Crippen molar-refractivity contribution in [3.63, 3.8) is 0 Å². The number of nitriles is 1. The quantitative estimate of drug-likeness (QED) is 0.646. The van der Waals surface area contributed by atoms with Gasteiger partial charge in [-0.25, -0.2) is 4.98 Å². The SMILES string of the molecule is CS/C(CCCNC(C)=O)=C(/C#N)c1nc2ccccc2s1. The summed E-state index contributed by atoms with van der Waals surface area (Å²) in [5.41, 5.74) is 1.57. The fourth-order valence-corrected chi connectivity index (χ4v) is 3.80. The molecule has 0 aliphatic heterocycles. The molecule has 0 saturated carbocycles. The lowest BCUT2D eigenvalue weighted by atomic mass is 10.2. The number of hydrogen-bond acceptors (Lipinski definition) is 5. The highest BCUT2D eigenvalue weighted by Gasteiger charge is 2.13. The number of amides is 1. The van der Waals surface area contributed by atoms with E-state index in [1.807, 2.05) is 30.5 Å². The number of para-hydroxylation sites is 1. The third kappa shape index (κ3) is 4.09. The molecule has 2 aromatic rings. The maximum absolute atomic E-state index is 10.9. The first-order chi connectivity index (χ1) is 10.7. The minimum absolute atomic E-state index is 0.0265. The molecule has 0 unspecified atom stereocenters. The van der Waals surface area contributed by atoms with E-state index < -0.39 is 0 Å². The Morgan fingerprint density at radius 2 is 2.23 bits per heavy atom. The molecule has 0 bridgehead atoms. The van der Waals surface area contributed by atoms with Crippen LogP contribution in [0.5, 0.6) is 0 Å². The van der Waals surface area contributed by atoms with E-state index in [0.29, 0.717) is 12.1 Å². The number of carbonyl (C=O) groups is 1. The van der Waals surface area contributed by atoms with Crippen LogP contribution in [0, 0.1) is 11.3 Å². The summed E-state index contributed by atoms with van der Waals surface area (Å²) >= 11 is 3.12. The highest BCUT2D eigenvalue weighted by atomic mass is 32.2. The van der Waals surface area contributed by atoms with Crippen molar-refractivity contribution >= 4 is 44.8 Å². The van der Waals surface area contributed by atoms with Crippen LogP contribution in [-0.2, 0) is 4.79 Å². The smallest absolute Gasteiger partial charge is 0.216 e. The number of nitrogens with zero attached hydrogens (tertiary/aromatic N) is 2. The Balaban J connectivity index is 2.22. The Labute approximate surface area is 138 Å². The summed E-state index contributed by atoms with van der Waals surface area (Å²) in [6, 6.07) is 10.2. The largest absolute Gasteiger partial charge is 0.356 e. The average molecular weight is 331 g/mol. The van der Waals surface area contributed by atoms with Gasteiger partial charge in [-0.2, -0.15) is 5.26 Å². The first-order valence-corrected chi connectivity index (χ1v) is 8.97. The van der Waals surface area contributed by atoms with Crippen LogP contribution in [0.15, 0.2) is 29.2 Å². The van der Waals surface area contributed by atoms with E-state index in [2.05, 4.69) is 16.4 Å². The molecule has 0 spiro atoms. The van der Waals surface area contributed by atoms with E-state index >= 15 is 0 Å². The first-order valence-electron chi connectivity index (χ1n) is 6.93. The van der Waals surface area contributed by atoms with Crippen molar-refractivity contribution < 1.29 is 4.79 Å². The molecule has 1 aromatic heterocycles. The van der Waals surface area contributed by atoms with Crippen molar-refractivity contribution in [2.45, 2.75) is 19.8 Å². The van der Waals surface area contributed by atoms with Crippen LogP contribution in [0.25, 0.3) is 15.8 Å². The third-order valence-electron chi connectivity index (χ3n) is 3.10. The number of fused-ring (bicyclic) bond motifs is 1. The lowest BCUT2D eigenvalue weighted by Gasteiger charge is -2.06. The molecule has 1 N–H and O–H groups in total. The maximum atomic E-state index is 10.9. The van der Waals surface area contributed by atoms with Gasteiger partial charge >= 0.3 is 0 Å². The Morgan fingerprint density at radius 1 is 1.45 bits per heavy atom. The Hall–Kier alpha value is -1.84. The lowest BCUT2D eigenvalue weighted by Crippen LogP contribution is -2.20. The number of nitrogens with one attached hydrogen (secondary N) is 1. The molecule has 0 aliphatic carbocycles. The van der Waals surface area contributed by atoms with E-state index in [1.54, 1.807) is 23.1 Å². The molecule has 1 heterocycles. The zero-order chi connectivity index (χ0) is 15.9. The molecule has 1 aromatic carbocycles. The zero-order valence-electron chi connectivity index (χ0n) is 12.5. The molecule has 22 heavy (non-hydrogen) atoms. The fourth-order valence-electron chi connectivity index (χ4n) is 2.05. The molecular formula is C16H17N3OS2. The molecule has 0 saturated heterocycles. The van der Waals surface area contributed by atoms with Gasteiger partial charge in [0.1, 0.15) is 11.1 Å². The van der Waals surface area contributed by atoms with Gasteiger partial charge in [-0.05, 0) is 31.2 Å². The van der Waals surface area contributed by atoms with Crippen LogP contribution in [0.4, 0.5) is 0 Å². The van der Waals surface area contributed by atoms with Gasteiger partial charge in [-0.3, -0.25) is 4.79 Å². The van der Waals surface area contributed by atoms with Crippen molar-refractivity contribution in [3.8, 4) is 6.07 Å². The molecule has 2 rings (SSSR count). The molecular weight excluding hydrogens is 314 g/mol. The fraction of sp³-hybridized carbons (Fsp3) is 0.312. The van der Waals surface area contributed by atoms with E-state index in [4.69, 9.17) is 0 Å². The van der Waals surface area contributed by atoms with Gasteiger partial charge in [-0.1, -0.05) is 12.1 Å². The Bertz CT molecular complexity index is 710. The molecule has 1 amide bonds. The highest BCUT2D eigenvalue weighted by molar-refractivity contribution is 8.02. The molecule has 6 heteroatoms. The van der Waals surface area contributed by atoms with Crippen molar-refractivity contribution in [3.05, 3.63) is 34.2 Å². The first kappa shape index (κ1) is 16.5. The van der Waals surface area contributed by atoms with Crippen LogP contribution in [0.2, 0.25) is 0 Å². The van der Waals surface area contributed by atoms with Crippen molar-refractivity contribution in [2.24, 2.45) is 0 Å². The van der Waals surface area contributed by atoms with E-state index in [0.717, 1.165) is 33.0 Å². The lowest BCUT2D eigenvalue weighted by molar-refractivity contribution is -0.118. The van der Waals surface area contributed by atoms with Crippen LogP contribution < -0.4 is 5.32 Å². The number of rotatable bonds is 6. The van der Waals surface area contributed by atoms with Crippen molar-refractivity contribution in [1.82, 2.24) is 10.3 Å². The molecule has 0 radical (unpaired) electrons. The summed E-state index contributed by atoms with van der Waals surface area (Å²) in [5, 5.41) is 13.1. The summed E-state index contributed by atoms with van der Waals surface area (Å²) in [5.74, 6) is -0.0265. The molecule has 4 nitrogen and oxygen atoms in total. The highest BCUT2D eigenvalue weighted by Crippen LogP contribution is 2.33. The normalized spacial score (nSPS) is 11.9. The minimum Gasteiger partial charge on any atom is -0.356 e. The van der Waals surface area contributed by atoms with Crippen LogP contribution in [-0.4, -0.2) is 23.7 Å². The summed E-state index contributed by atoms with van der Waals surface area (Å²) < 4.78 is 1.09. The molecule has 0 aliphatic rings. The van der Waals surface area contributed by atoms with Gasteiger partial charge in [0.05, 0.1) is 15.8 Å². The van der Waals surface area contributed by atoms with Crippen LogP contribution in [0.1, 0.15) is 24.8 Å². The summed E-state index contributed by atoms with van der Waals surface area (Å²) in [4.78, 5) is 16.5. The van der Waals surface area contributed by atoms with E-state index in [1.165, 1.54) is 6.92 Å². The molecule has 0 fully saturated rings. The van der Waals surface area contributed by atoms with Crippen LogP contribution >= 0.6 is 23.1 Å². The molecule has 114 valence electrons. The van der Waals surface area contributed by atoms with Gasteiger partial charge in [0.25, 0.3) is 0 Å². The van der Waals surface area contributed by atoms with Gasteiger partial charge in [0, 0.05) is 18.4 Å². The number of aromatic nitrogens is 1. The topological polar surface area (TPSA) is 65.8 Å². The van der Waals surface area contributed by atoms with Crippen LogP contribution in [0.3, 0.4) is 0 Å². The average Bonchev–Trinajstić information content (AvgIpc) is 2.93. The number of thioether (sulfide) groups is 1. The second kappa shape index (κ2) is 7.97. The summed E-state index contributed by atoms with van der Waals surface area (Å²) in [6.07, 6.45) is 3.55. The van der Waals surface area contributed by atoms with Gasteiger partial charge in [0.15, 0.2) is 0 Å². The number of allylic oxidation sites excluding steroid dienone is 2. The van der Waals surface area contributed by atoms with E-state index in [-0.39, 0.29) is 5.91 Å². The minimum atomic E-state index is -0.0265. The number of benzene rings is 1. The van der Waals surface area contributed by atoms with Gasteiger partial charge in [-0.15, -0.1) is 23.1 Å². The predicted molar refractivity (Wildman–Crippen MR) is 93.6 cm³/mol. The van der Waals surface area contributed by atoms with E-state index in [9.17, 15) is 10.1 Å². The number of carbonyl (C=O) groups excluding carboxylic acids is 1.